The summed E-state index contributed by atoms with van der Waals surface area (Å²) in [6.07, 6.45) is 2.24. The van der Waals surface area contributed by atoms with Gasteiger partial charge in [-0.05, 0) is 19.3 Å². The molecular weight excluding hydrogens is 252 g/mol. The van der Waals surface area contributed by atoms with E-state index in [4.69, 9.17) is 19.3 Å². The summed E-state index contributed by atoms with van der Waals surface area (Å²) < 4.78 is 16.2. The molecule has 1 unspecified atom stereocenters. The van der Waals surface area contributed by atoms with Gasteiger partial charge in [0.15, 0.2) is 6.29 Å². The van der Waals surface area contributed by atoms with E-state index in [1.807, 2.05) is 0 Å². The maximum absolute atomic E-state index is 10.1. The minimum Gasteiger partial charge on any atom is -0.465 e. The van der Waals surface area contributed by atoms with Crippen LogP contribution in [-0.4, -0.2) is 63.6 Å². The van der Waals surface area contributed by atoms with Crippen LogP contribution in [0.25, 0.3) is 0 Å². The van der Waals surface area contributed by atoms with Gasteiger partial charge in [-0.2, -0.15) is 0 Å². The summed E-state index contributed by atoms with van der Waals surface area (Å²) in [7, 11) is 0. The Kier molecular flexibility index (Phi) is 9.34. The van der Waals surface area contributed by atoms with E-state index in [2.05, 4.69) is 10.6 Å². The highest BCUT2D eigenvalue weighted by molar-refractivity contribution is 5.64. The highest BCUT2D eigenvalue weighted by Gasteiger charge is 2.13. The van der Waals surface area contributed by atoms with Crippen molar-refractivity contribution in [2.75, 3.05) is 46.1 Å². The monoisotopic (exact) mass is 276 g/mol. The average molecular weight is 276 g/mol. The normalized spacial score (nSPS) is 19.3. The van der Waals surface area contributed by atoms with Gasteiger partial charge in [-0.3, -0.25) is 0 Å². The molecule has 0 radical (unpaired) electrons. The molecule has 1 aliphatic rings. The van der Waals surface area contributed by atoms with Gasteiger partial charge in [0.1, 0.15) is 0 Å². The molecule has 0 spiro atoms. The number of carbonyl (C=O) groups is 1. The van der Waals surface area contributed by atoms with Crippen molar-refractivity contribution in [1.29, 1.82) is 0 Å². The van der Waals surface area contributed by atoms with Crippen LogP contribution in [0.15, 0.2) is 0 Å². The molecule has 19 heavy (non-hydrogen) atoms. The number of amides is 1. The molecule has 7 heteroatoms. The van der Waals surface area contributed by atoms with Crippen molar-refractivity contribution in [1.82, 2.24) is 10.6 Å². The van der Waals surface area contributed by atoms with E-state index in [0.717, 1.165) is 32.5 Å². The number of ether oxygens (including phenoxy) is 3. The summed E-state index contributed by atoms with van der Waals surface area (Å²) in [5.74, 6) is 0. The highest BCUT2D eigenvalue weighted by atomic mass is 16.7. The Balaban J connectivity index is 1.74. The predicted octanol–water partition coefficient (Wildman–Crippen LogP) is 0.403. The summed E-state index contributed by atoms with van der Waals surface area (Å²) in [5.41, 5.74) is 0. The lowest BCUT2D eigenvalue weighted by Crippen LogP contribution is -2.29. The van der Waals surface area contributed by atoms with Crippen LogP contribution in [0.2, 0.25) is 0 Å². The lowest BCUT2D eigenvalue weighted by molar-refractivity contribution is -0.161. The van der Waals surface area contributed by atoms with Gasteiger partial charge in [-0.25, -0.2) is 4.79 Å². The molecule has 1 fully saturated rings. The van der Waals surface area contributed by atoms with Crippen LogP contribution >= 0.6 is 0 Å². The lowest BCUT2D eigenvalue weighted by atomic mass is 10.2. The van der Waals surface area contributed by atoms with E-state index in [0.29, 0.717) is 26.4 Å². The van der Waals surface area contributed by atoms with Gasteiger partial charge in [0, 0.05) is 26.2 Å². The molecule has 0 saturated carbocycles. The average Bonchev–Trinajstić information content (AvgIpc) is 2.42. The Labute approximate surface area is 113 Å². The number of hydrogen-bond acceptors (Lipinski definition) is 5. The molecule has 1 saturated heterocycles. The minimum atomic E-state index is -1.02. The second-order valence-corrected chi connectivity index (χ2v) is 4.26. The van der Waals surface area contributed by atoms with E-state index < -0.39 is 6.09 Å². The van der Waals surface area contributed by atoms with E-state index in [1.54, 1.807) is 0 Å². The van der Waals surface area contributed by atoms with Gasteiger partial charge in [-0.15, -0.1) is 0 Å². The van der Waals surface area contributed by atoms with Crippen molar-refractivity contribution in [3.05, 3.63) is 0 Å². The Bertz CT molecular complexity index is 234. The summed E-state index contributed by atoms with van der Waals surface area (Å²) in [6, 6.07) is 0. The molecule has 3 N–H and O–H groups in total. The minimum absolute atomic E-state index is 0.0334. The lowest BCUT2D eigenvalue weighted by Gasteiger charge is -2.22. The Hall–Kier alpha value is -0.890. The molecule has 112 valence electrons. The smallest absolute Gasteiger partial charge is 0.404 e. The molecular formula is C12H24N2O5. The molecule has 1 heterocycles. The van der Waals surface area contributed by atoms with Gasteiger partial charge in [0.25, 0.3) is 0 Å². The van der Waals surface area contributed by atoms with Crippen molar-refractivity contribution in [2.45, 2.75) is 25.6 Å². The molecule has 0 aromatic carbocycles. The topological polar surface area (TPSA) is 89.1 Å². The Morgan fingerprint density at radius 3 is 2.74 bits per heavy atom. The van der Waals surface area contributed by atoms with Gasteiger partial charge in [0.05, 0.1) is 19.8 Å². The zero-order valence-corrected chi connectivity index (χ0v) is 11.2. The first-order valence-corrected chi connectivity index (χ1v) is 6.77. The van der Waals surface area contributed by atoms with Crippen LogP contribution < -0.4 is 10.6 Å². The van der Waals surface area contributed by atoms with Crippen LogP contribution in [0.5, 0.6) is 0 Å². The van der Waals surface area contributed by atoms with Crippen molar-refractivity contribution in [3.8, 4) is 0 Å². The van der Waals surface area contributed by atoms with Crippen LogP contribution in [0, 0.1) is 0 Å². The fraction of sp³-hybridized carbons (Fsp3) is 0.917. The first-order valence-electron chi connectivity index (χ1n) is 6.77. The van der Waals surface area contributed by atoms with Crippen LogP contribution in [-0.2, 0) is 14.2 Å². The molecule has 1 amide bonds. The molecule has 7 nitrogen and oxygen atoms in total. The third kappa shape index (κ3) is 9.66. The summed E-state index contributed by atoms with van der Waals surface area (Å²) >= 11 is 0. The molecule has 1 rings (SSSR count). The summed E-state index contributed by atoms with van der Waals surface area (Å²) in [5, 5.41) is 13.7. The van der Waals surface area contributed by atoms with E-state index in [1.165, 1.54) is 6.42 Å². The van der Waals surface area contributed by atoms with Crippen molar-refractivity contribution in [3.63, 3.8) is 0 Å². The third-order valence-electron chi connectivity index (χ3n) is 2.67. The van der Waals surface area contributed by atoms with Crippen molar-refractivity contribution < 1.29 is 24.1 Å². The largest absolute Gasteiger partial charge is 0.465 e. The van der Waals surface area contributed by atoms with Crippen LogP contribution in [0.3, 0.4) is 0 Å². The number of carboxylic acid groups (broad SMARTS) is 1. The first kappa shape index (κ1) is 16.2. The van der Waals surface area contributed by atoms with Crippen molar-refractivity contribution >= 4 is 6.09 Å². The number of hydrogen-bond donors (Lipinski definition) is 3. The molecule has 0 bridgehead atoms. The predicted molar refractivity (Wildman–Crippen MR) is 69.3 cm³/mol. The zero-order valence-electron chi connectivity index (χ0n) is 11.2. The maximum atomic E-state index is 10.1. The maximum Gasteiger partial charge on any atom is 0.404 e. The molecule has 0 aromatic rings. The van der Waals surface area contributed by atoms with Crippen LogP contribution in [0.4, 0.5) is 4.79 Å². The van der Waals surface area contributed by atoms with Gasteiger partial charge in [-0.1, -0.05) is 0 Å². The summed E-state index contributed by atoms with van der Waals surface area (Å²) in [6.45, 7) is 4.18. The number of nitrogens with one attached hydrogen (secondary N) is 2. The number of rotatable bonds is 10. The fourth-order valence-corrected chi connectivity index (χ4v) is 1.71. The van der Waals surface area contributed by atoms with E-state index in [9.17, 15) is 4.79 Å². The molecule has 0 aliphatic carbocycles. The fourth-order valence-electron chi connectivity index (χ4n) is 1.71. The quantitative estimate of drug-likeness (QED) is 0.501. The second-order valence-electron chi connectivity index (χ2n) is 4.26. The standard InChI is InChI=1S/C12H24N2O5/c15-12(16)14-6-9-17-8-4-13-5-10-19-11-3-1-2-7-18-11/h11,13-14H,1-10H2,(H,15,16). The second kappa shape index (κ2) is 11.0. The van der Waals surface area contributed by atoms with Crippen molar-refractivity contribution in [2.24, 2.45) is 0 Å². The first-order chi connectivity index (χ1) is 9.29. The third-order valence-corrected chi connectivity index (χ3v) is 2.67. The SMILES string of the molecule is O=C(O)NCCOCCNCCOC1CCCCO1. The van der Waals surface area contributed by atoms with E-state index >= 15 is 0 Å². The molecule has 0 aromatic heterocycles. The highest BCUT2D eigenvalue weighted by Crippen LogP contribution is 2.12. The zero-order chi connectivity index (χ0) is 13.8. The Morgan fingerprint density at radius 2 is 2.00 bits per heavy atom. The summed E-state index contributed by atoms with van der Waals surface area (Å²) in [4.78, 5) is 10.1. The molecule has 1 aliphatic heterocycles. The van der Waals surface area contributed by atoms with Gasteiger partial charge in [0.2, 0.25) is 0 Å². The van der Waals surface area contributed by atoms with Gasteiger partial charge < -0.3 is 30.0 Å². The molecule has 1 atom stereocenters. The van der Waals surface area contributed by atoms with Gasteiger partial charge >= 0.3 is 6.09 Å². The van der Waals surface area contributed by atoms with Crippen LogP contribution in [0.1, 0.15) is 19.3 Å². The Morgan fingerprint density at radius 1 is 1.21 bits per heavy atom. The van der Waals surface area contributed by atoms with E-state index in [-0.39, 0.29) is 6.29 Å².